The van der Waals surface area contributed by atoms with Crippen LogP contribution in [0.15, 0.2) is 36.4 Å². The number of anilines is 2. The predicted octanol–water partition coefficient (Wildman–Crippen LogP) is 4.41. The molecule has 2 aromatic rings. The van der Waals surface area contributed by atoms with Gasteiger partial charge in [-0.1, -0.05) is 12.1 Å². The third-order valence-corrected chi connectivity index (χ3v) is 3.98. The first-order valence-electron chi connectivity index (χ1n) is 7.66. The standard InChI is InChI=1S/C17H18F3N3/c1-2-23-10-4-9-21-16-15(23)8-7-14(22-16)12-5-3-6-13(11-12)17(18,19)20/h3,5-8,11H,2,4,9-10H2,1H3,(H,21,22). The van der Waals surface area contributed by atoms with E-state index in [1.807, 2.05) is 6.07 Å². The maximum atomic E-state index is 12.9. The minimum atomic E-state index is -4.35. The molecule has 1 aromatic heterocycles. The van der Waals surface area contributed by atoms with Crippen molar-refractivity contribution in [1.82, 2.24) is 4.98 Å². The second-order valence-electron chi connectivity index (χ2n) is 5.50. The minimum absolute atomic E-state index is 0.469. The zero-order valence-electron chi connectivity index (χ0n) is 12.8. The van der Waals surface area contributed by atoms with Gasteiger partial charge < -0.3 is 10.2 Å². The van der Waals surface area contributed by atoms with Gasteiger partial charge in [0.25, 0.3) is 0 Å². The molecule has 0 aliphatic carbocycles. The summed E-state index contributed by atoms with van der Waals surface area (Å²) in [6.45, 7) is 4.71. The lowest BCUT2D eigenvalue weighted by molar-refractivity contribution is -0.137. The summed E-state index contributed by atoms with van der Waals surface area (Å²) in [4.78, 5) is 6.77. The van der Waals surface area contributed by atoms with Crippen LogP contribution in [0.3, 0.4) is 0 Å². The van der Waals surface area contributed by atoms with Crippen molar-refractivity contribution in [3.63, 3.8) is 0 Å². The quantitative estimate of drug-likeness (QED) is 0.888. The van der Waals surface area contributed by atoms with Gasteiger partial charge in [-0.15, -0.1) is 0 Å². The first kappa shape index (κ1) is 15.6. The molecule has 1 aromatic carbocycles. The zero-order valence-corrected chi connectivity index (χ0v) is 12.8. The van der Waals surface area contributed by atoms with E-state index in [9.17, 15) is 13.2 Å². The van der Waals surface area contributed by atoms with Crippen molar-refractivity contribution in [1.29, 1.82) is 0 Å². The van der Waals surface area contributed by atoms with Crippen LogP contribution in [0.1, 0.15) is 18.9 Å². The van der Waals surface area contributed by atoms with Gasteiger partial charge in [-0.2, -0.15) is 13.2 Å². The van der Waals surface area contributed by atoms with Crippen LogP contribution in [0.25, 0.3) is 11.3 Å². The number of fused-ring (bicyclic) bond motifs is 1. The number of pyridine rings is 1. The molecule has 0 saturated heterocycles. The molecule has 23 heavy (non-hydrogen) atoms. The number of aromatic nitrogens is 1. The van der Waals surface area contributed by atoms with E-state index in [0.717, 1.165) is 49.7 Å². The molecule has 0 atom stereocenters. The van der Waals surface area contributed by atoms with E-state index in [1.165, 1.54) is 6.07 Å². The first-order valence-corrected chi connectivity index (χ1v) is 7.66. The summed E-state index contributed by atoms with van der Waals surface area (Å²) in [6, 6.07) is 8.99. The van der Waals surface area contributed by atoms with E-state index in [-0.39, 0.29) is 0 Å². The van der Waals surface area contributed by atoms with Crippen LogP contribution in [0, 0.1) is 0 Å². The Morgan fingerprint density at radius 3 is 2.78 bits per heavy atom. The van der Waals surface area contributed by atoms with Crippen molar-refractivity contribution < 1.29 is 13.2 Å². The molecule has 0 bridgehead atoms. The molecule has 0 fully saturated rings. The third kappa shape index (κ3) is 3.25. The molecule has 0 saturated carbocycles. The molecular formula is C17H18F3N3. The van der Waals surface area contributed by atoms with Crippen molar-refractivity contribution in [3.8, 4) is 11.3 Å². The summed E-state index contributed by atoms with van der Waals surface area (Å²) < 4.78 is 38.6. The number of benzene rings is 1. The van der Waals surface area contributed by atoms with Crippen molar-refractivity contribution in [2.45, 2.75) is 19.5 Å². The van der Waals surface area contributed by atoms with E-state index in [1.54, 1.807) is 12.1 Å². The highest BCUT2D eigenvalue weighted by Crippen LogP contribution is 2.34. The van der Waals surface area contributed by atoms with Crippen molar-refractivity contribution >= 4 is 11.5 Å². The maximum Gasteiger partial charge on any atom is 0.416 e. The summed E-state index contributed by atoms with van der Waals surface area (Å²) in [5, 5.41) is 3.27. The van der Waals surface area contributed by atoms with Crippen LogP contribution in [0.2, 0.25) is 0 Å². The van der Waals surface area contributed by atoms with E-state index in [4.69, 9.17) is 0 Å². The lowest BCUT2D eigenvalue weighted by Crippen LogP contribution is -2.23. The van der Waals surface area contributed by atoms with Crippen molar-refractivity contribution in [2.24, 2.45) is 0 Å². The second-order valence-corrected chi connectivity index (χ2v) is 5.50. The molecule has 2 heterocycles. The largest absolute Gasteiger partial charge is 0.416 e. The van der Waals surface area contributed by atoms with Gasteiger partial charge in [-0.05, 0) is 37.6 Å². The van der Waals surface area contributed by atoms with E-state index in [0.29, 0.717) is 11.3 Å². The van der Waals surface area contributed by atoms with Gasteiger partial charge in [0, 0.05) is 25.2 Å². The van der Waals surface area contributed by atoms with Gasteiger partial charge in [0.05, 0.1) is 16.9 Å². The molecule has 1 aliphatic heterocycles. The molecule has 0 unspecified atom stereocenters. The molecule has 122 valence electrons. The van der Waals surface area contributed by atoms with Gasteiger partial charge >= 0.3 is 6.18 Å². The van der Waals surface area contributed by atoms with Crippen LogP contribution < -0.4 is 10.2 Å². The predicted molar refractivity (Wildman–Crippen MR) is 85.7 cm³/mol. The Labute approximate surface area is 133 Å². The van der Waals surface area contributed by atoms with E-state index in [2.05, 4.69) is 22.1 Å². The van der Waals surface area contributed by atoms with Gasteiger partial charge in [0.1, 0.15) is 5.82 Å². The molecule has 3 nitrogen and oxygen atoms in total. The summed E-state index contributed by atoms with van der Waals surface area (Å²) in [5.74, 6) is 0.735. The van der Waals surface area contributed by atoms with Gasteiger partial charge in [0.2, 0.25) is 0 Å². The Kier molecular flexibility index (Phi) is 4.15. The lowest BCUT2D eigenvalue weighted by Gasteiger charge is -2.22. The first-order chi connectivity index (χ1) is 11.0. The minimum Gasteiger partial charge on any atom is -0.369 e. The highest BCUT2D eigenvalue weighted by molar-refractivity contribution is 5.72. The third-order valence-electron chi connectivity index (χ3n) is 3.98. The monoisotopic (exact) mass is 321 g/mol. The molecule has 1 N–H and O–H groups in total. The Balaban J connectivity index is 2.00. The Bertz CT molecular complexity index is 698. The van der Waals surface area contributed by atoms with Crippen LogP contribution in [0.4, 0.5) is 24.7 Å². The topological polar surface area (TPSA) is 28.2 Å². The highest BCUT2D eigenvalue weighted by Gasteiger charge is 2.30. The number of nitrogens with zero attached hydrogens (tertiary/aromatic N) is 2. The lowest BCUT2D eigenvalue weighted by atomic mass is 10.1. The van der Waals surface area contributed by atoms with Crippen molar-refractivity contribution in [2.75, 3.05) is 29.9 Å². The average Bonchev–Trinajstić information content (AvgIpc) is 2.75. The Morgan fingerprint density at radius 2 is 2.04 bits per heavy atom. The van der Waals surface area contributed by atoms with Crippen LogP contribution in [-0.2, 0) is 6.18 Å². The highest BCUT2D eigenvalue weighted by atomic mass is 19.4. The number of rotatable bonds is 2. The number of halogens is 3. The summed E-state index contributed by atoms with van der Waals surface area (Å²) in [5.41, 5.74) is 1.35. The van der Waals surface area contributed by atoms with Crippen LogP contribution >= 0.6 is 0 Å². The molecular weight excluding hydrogens is 303 g/mol. The number of alkyl halides is 3. The fraction of sp³-hybridized carbons (Fsp3) is 0.353. The van der Waals surface area contributed by atoms with Crippen LogP contribution in [-0.4, -0.2) is 24.6 Å². The Hall–Kier alpha value is -2.24. The zero-order chi connectivity index (χ0) is 16.4. The Morgan fingerprint density at radius 1 is 1.22 bits per heavy atom. The number of hydrogen-bond donors (Lipinski definition) is 1. The summed E-state index contributed by atoms with van der Waals surface area (Å²) in [7, 11) is 0. The maximum absolute atomic E-state index is 12.9. The SMILES string of the molecule is CCN1CCCNc2nc(-c3cccc(C(F)(F)F)c3)ccc21. The number of nitrogens with one attached hydrogen (secondary N) is 1. The van der Waals surface area contributed by atoms with Crippen molar-refractivity contribution in [3.05, 3.63) is 42.0 Å². The average molecular weight is 321 g/mol. The normalized spacial score (nSPS) is 14.9. The molecule has 1 aliphatic rings. The van der Waals surface area contributed by atoms with Gasteiger partial charge in [0.15, 0.2) is 0 Å². The molecule has 0 radical (unpaired) electrons. The molecule has 0 spiro atoms. The molecule has 3 rings (SSSR count). The van der Waals surface area contributed by atoms with Gasteiger partial charge in [-0.3, -0.25) is 0 Å². The second kappa shape index (κ2) is 6.10. The van der Waals surface area contributed by atoms with E-state index < -0.39 is 11.7 Å². The fourth-order valence-corrected chi connectivity index (χ4v) is 2.78. The molecule has 0 amide bonds. The van der Waals surface area contributed by atoms with Crippen LogP contribution in [0.5, 0.6) is 0 Å². The summed E-state index contributed by atoms with van der Waals surface area (Å²) >= 11 is 0. The smallest absolute Gasteiger partial charge is 0.369 e. The summed E-state index contributed by atoms with van der Waals surface area (Å²) in [6.07, 6.45) is -3.35. The van der Waals surface area contributed by atoms with E-state index >= 15 is 0 Å². The molecule has 6 heteroatoms. The number of hydrogen-bond acceptors (Lipinski definition) is 3. The fourth-order valence-electron chi connectivity index (χ4n) is 2.78. The van der Waals surface area contributed by atoms with Gasteiger partial charge in [-0.25, -0.2) is 4.98 Å².